The summed E-state index contributed by atoms with van der Waals surface area (Å²) in [5, 5.41) is 0. The molecule has 4 nitrogen and oxygen atoms in total. The summed E-state index contributed by atoms with van der Waals surface area (Å²) in [5.41, 5.74) is 8.07. The average molecular weight is 212 g/mol. The van der Waals surface area contributed by atoms with E-state index in [2.05, 4.69) is 0 Å². The van der Waals surface area contributed by atoms with E-state index < -0.39 is 10.0 Å². The van der Waals surface area contributed by atoms with E-state index in [1.54, 1.807) is 12.1 Å². The molecule has 1 aliphatic rings. The number of sulfonamides is 1. The topological polar surface area (TPSA) is 63.4 Å². The van der Waals surface area contributed by atoms with Crippen LogP contribution in [0.5, 0.6) is 0 Å². The van der Waals surface area contributed by atoms with E-state index in [-0.39, 0.29) is 0 Å². The molecule has 1 aromatic rings. The van der Waals surface area contributed by atoms with E-state index in [9.17, 15) is 8.42 Å². The molecule has 0 amide bonds. The van der Waals surface area contributed by atoms with Gasteiger partial charge in [-0.05, 0) is 30.2 Å². The highest BCUT2D eigenvalue weighted by atomic mass is 32.2. The summed E-state index contributed by atoms with van der Waals surface area (Å²) in [5.74, 6) is 0. The van der Waals surface area contributed by atoms with Crippen LogP contribution >= 0.6 is 0 Å². The van der Waals surface area contributed by atoms with Crippen LogP contribution in [-0.4, -0.2) is 21.2 Å². The third-order valence-corrected chi connectivity index (χ3v) is 3.54. The molecule has 5 heteroatoms. The Morgan fingerprint density at radius 1 is 1.43 bits per heavy atom. The SMILES string of the molecule is CS(=O)(=O)N1CCc2cc(N)ccc21. The molecule has 2 N–H and O–H groups in total. The lowest BCUT2D eigenvalue weighted by Crippen LogP contribution is -2.27. The molecule has 1 aromatic carbocycles. The van der Waals surface area contributed by atoms with E-state index in [1.807, 2.05) is 6.07 Å². The van der Waals surface area contributed by atoms with Crippen molar-refractivity contribution in [2.75, 3.05) is 22.8 Å². The van der Waals surface area contributed by atoms with E-state index in [0.29, 0.717) is 12.2 Å². The molecule has 2 rings (SSSR count). The lowest BCUT2D eigenvalue weighted by Gasteiger charge is -2.16. The second-order valence-electron chi connectivity index (χ2n) is 3.47. The van der Waals surface area contributed by atoms with Crippen LogP contribution < -0.4 is 10.0 Å². The number of nitrogens with two attached hydrogens (primary N) is 1. The van der Waals surface area contributed by atoms with Gasteiger partial charge in [0.05, 0.1) is 11.9 Å². The van der Waals surface area contributed by atoms with Crippen molar-refractivity contribution in [2.24, 2.45) is 0 Å². The summed E-state index contributed by atoms with van der Waals surface area (Å²) < 4.78 is 24.2. The van der Waals surface area contributed by atoms with E-state index in [4.69, 9.17) is 5.73 Å². The zero-order valence-corrected chi connectivity index (χ0v) is 8.71. The first-order valence-electron chi connectivity index (χ1n) is 4.34. The van der Waals surface area contributed by atoms with E-state index in [0.717, 1.165) is 17.7 Å². The molecule has 0 bridgehead atoms. The molecule has 0 fully saturated rings. The molecule has 0 aromatic heterocycles. The number of anilines is 2. The predicted molar refractivity (Wildman–Crippen MR) is 56.7 cm³/mol. The number of rotatable bonds is 1. The molecule has 0 unspecified atom stereocenters. The van der Waals surface area contributed by atoms with Crippen molar-refractivity contribution >= 4 is 21.4 Å². The van der Waals surface area contributed by atoms with Gasteiger partial charge in [0, 0.05) is 12.2 Å². The molecule has 76 valence electrons. The Kier molecular flexibility index (Phi) is 1.92. The minimum Gasteiger partial charge on any atom is -0.399 e. The van der Waals surface area contributed by atoms with Gasteiger partial charge in [0.15, 0.2) is 0 Å². The number of nitrogens with zero attached hydrogens (tertiary/aromatic N) is 1. The molecule has 14 heavy (non-hydrogen) atoms. The maximum absolute atomic E-state index is 11.4. The quantitative estimate of drug-likeness (QED) is 0.693. The van der Waals surface area contributed by atoms with Crippen molar-refractivity contribution in [3.8, 4) is 0 Å². The van der Waals surface area contributed by atoms with Crippen LogP contribution in [0, 0.1) is 0 Å². The van der Waals surface area contributed by atoms with Gasteiger partial charge < -0.3 is 5.73 Å². The second kappa shape index (κ2) is 2.88. The van der Waals surface area contributed by atoms with E-state index in [1.165, 1.54) is 10.6 Å². The van der Waals surface area contributed by atoms with Gasteiger partial charge in [-0.1, -0.05) is 0 Å². The van der Waals surface area contributed by atoms with Crippen LogP contribution in [0.4, 0.5) is 11.4 Å². The summed E-state index contributed by atoms with van der Waals surface area (Å²) in [7, 11) is -3.14. The van der Waals surface area contributed by atoms with Crippen LogP contribution in [0.1, 0.15) is 5.56 Å². The zero-order valence-electron chi connectivity index (χ0n) is 7.90. The van der Waals surface area contributed by atoms with E-state index >= 15 is 0 Å². The molecule has 0 atom stereocenters. The number of hydrogen-bond acceptors (Lipinski definition) is 3. The van der Waals surface area contributed by atoms with Crippen molar-refractivity contribution in [1.82, 2.24) is 0 Å². The van der Waals surface area contributed by atoms with Crippen molar-refractivity contribution in [3.63, 3.8) is 0 Å². The maximum Gasteiger partial charge on any atom is 0.232 e. The fourth-order valence-corrected chi connectivity index (χ4v) is 2.69. The average Bonchev–Trinajstić information content (AvgIpc) is 2.45. The summed E-state index contributed by atoms with van der Waals surface area (Å²) in [6, 6.07) is 5.32. The van der Waals surface area contributed by atoms with Crippen LogP contribution in [-0.2, 0) is 16.4 Å². The Balaban J connectivity index is 2.51. The van der Waals surface area contributed by atoms with Crippen molar-refractivity contribution < 1.29 is 8.42 Å². The Bertz CT molecular complexity index is 468. The fourth-order valence-electron chi connectivity index (χ4n) is 1.74. The third-order valence-electron chi connectivity index (χ3n) is 2.36. The Morgan fingerprint density at radius 2 is 2.14 bits per heavy atom. The molecule has 0 saturated heterocycles. The summed E-state index contributed by atoms with van der Waals surface area (Å²) in [6.07, 6.45) is 1.96. The first-order valence-corrected chi connectivity index (χ1v) is 6.19. The van der Waals surface area contributed by atoms with Crippen molar-refractivity contribution in [1.29, 1.82) is 0 Å². The van der Waals surface area contributed by atoms with Crippen molar-refractivity contribution in [2.45, 2.75) is 6.42 Å². The monoisotopic (exact) mass is 212 g/mol. The standard InChI is InChI=1S/C9H12N2O2S/c1-14(12,13)11-5-4-7-6-8(10)2-3-9(7)11/h2-3,6H,4-5,10H2,1H3. The Labute approximate surface area is 83.4 Å². The van der Waals surface area contributed by atoms with Gasteiger partial charge in [-0.2, -0.15) is 0 Å². The lowest BCUT2D eigenvalue weighted by atomic mass is 10.1. The molecule has 1 aliphatic heterocycles. The van der Waals surface area contributed by atoms with Crippen LogP contribution in [0.2, 0.25) is 0 Å². The van der Waals surface area contributed by atoms with Crippen LogP contribution in [0.25, 0.3) is 0 Å². The first kappa shape index (κ1) is 9.33. The number of nitrogen functional groups attached to an aromatic ring is 1. The molecule has 0 aliphatic carbocycles. The van der Waals surface area contributed by atoms with Gasteiger partial charge in [-0.3, -0.25) is 4.31 Å². The summed E-state index contributed by atoms with van der Waals surface area (Å²) >= 11 is 0. The molecular formula is C9H12N2O2S. The second-order valence-corrected chi connectivity index (χ2v) is 5.38. The first-order chi connectivity index (χ1) is 6.48. The van der Waals surface area contributed by atoms with Gasteiger partial charge in [0.1, 0.15) is 0 Å². The molecule has 0 saturated carbocycles. The Hall–Kier alpha value is -1.23. The number of fused-ring (bicyclic) bond motifs is 1. The zero-order chi connectivity index (χ0) is 10.3. The van der Waals surface area contributed by atoms with Gasteiger partial charge in [-0.25, -0.2) is 8.42 Å². The number of benzene rings is 1. The minimum absolute atomic E-state index is 0.525. The highest BCUT2D eigenvalue weighted by Crippen LogP contribution is 2.31. The normalized spacial score (nSPS) is 15.6. The minimum atomic E-state index is -3.14. The fraction of sp³-hybridized carbons (Fsp3) is 0.333. The van der Waals surface area contributed by atoms with Gasteiger partial charge in [-0.15, -0.1) is 0 Å². The van der Waals surface area contributed by atoms with Crippen LogP contribution in [0.3, 0.4) is 0 Å². The summed E-state index contributed by atoms with van der Waals surface area (Å²) in [6.45, 7) is 0.525. The predicted octanol–water partition coefficient (Wildman–Crippen LogP) is 0.591. The molecule has 1 heterocycles. The van der Waals surface area contributed by atoms with Gasteiger partial charge in [0.2, 0.25) is 10.0 Å². The highest BCUT2D eigenvalue weighted by molar-refractivity contribution is 7.92. The smallest absolute Gasteiger partial charge is 0.232 e. The maximum atomic E-state index is 11.4. The number of hydrogen-bond donors (Lipinski definition) is 1. The van der Waals surface area contributed by atoms with Gasteiger partial charge in [0.25, 0.3) is 0 Å². The molecule has 0 spiro atoms. The Morgan fingerprint density at radius 3 is 2.79 bits per heavy atom. The lowest BCUT2D eigenvalue weighted by molar-refractivity contribution is 0.598. The largest absolute Gasteiger partial charge is 0.399 e. The van der Waals surface area contributed by atoms with Crippen LogP contribution in [0.15, 0.2) is 18.2 Å². The molecular weight excluding hydrogens is 200 g/mol. The summed E-state index contributed by atoms with van der Waals surface area (Å²) in [4.78, 5) is 0. The van der Waals surface area contributed by atoms with Crippen molar-refractivity contribution in [3.05, 3.63) is 23.8 Å². The third kappa shape index (κ3) is 1.43. The molecule has 0 radical (unpaired) electrons. The van der Waals surface area contributed by atoms with Gasteiger partial charge >= 0.3 is 0 Å². The highest BCUT2D eigenvalue weighted by Gasteiger charge is 2.25.